The molecule has 0 aromatic heterocycles. The standard InChI is InChI=1S/C29H39NO5/c1-16-9-20-19(21(31)10-16)11-22(32)24-25(20,3)15-29-27(5,26(24,4)13-23(33)35-29)6-7-28-12-17(2)8-18(34-28)14-30(28)29/h10,17-20,24H,6-9,11-15H2,1-5H3/t17-,18+,19-,20+,24-,25-,26-,27-,28-,29+/m0/s1. The molecule has 35 heavy (non-hydrogen) atoms. The van der Waals surface area contributed by atoms with Gasteiger partial charge in [0.15, 0.2) is 11.5 Å². The van der Waals surface area contributed by atoms with Gasteiger partial charge in [0.05, 0.1) is 12.5 Å². The van der Waals surface area contributed by atoms with Crippen LogP contribution in [-0.2, 0) is 23.9 Å². The maximum absolute atomic E-state index is 14.0. The van der Waals surface area contributed by atoms with Gasteiger partial charge in [-0.3, -0.25) is 14.4 Å². The third-order valence-corrected chi connectivity index (χ3v) is 12.3. The Balaban J connectivity index is 1.44. The molecule has 6 heteroatoms. The van der Waals surface area contributed by atoms with Crippen LogP contribution >= 0.6 is 0 Å². The number of carbonyl (C=O) groups excluding carboxylic acids is 3. The average Bonchev–Trinajstić information content (AvgIpc) is 3.01. The summed E-state index contributed by atoms with van der Waals surface area (Å²) in [5.74, 6) is 0.300. The van der Waals surface area contributed by atoms with Crippen LogP contribution in [0.15, 0.2) is 11.6 Å². The van der Waals surface area contributed by atoms with Crippen molar-refractivity contribution in [2.75, 3.05) is 6.54 Å². The van der Waals surface area contributed by atoms with Gasteiger partial charge in [0.2, 0.25) is 0 Å². The van der Waals surface area contributed by atoms with Gasteiger partial charge >= 0.3 is 5.97 Å². The Morgan fingerprint density at radius 1 is 1.09 bits per heavy atom. The molecule has 7 aliphatic rings. The van der Waals surface area contributed by atoms with Crippen molar-refractivity contribution in [1.82, 2.24) is 4.90 Å². The molecule has 4 aliphatic heterocycles. The SMILES string of the molecule is CC1=CC(=O)[C@H]2CC(=O)[C@H]3[C@@](C)(C[C@@]45OC(=O)C[C@]3(C)[C@]4(C)CC[C@]34C[C@@H](C)C[C@H](CN35)O4)[C@@H]2C1. The van der Waals surface area contributed by atoms with E-state index in [-0.39, 0.29) is 59.0 Å². The second-order valence-corrected chi connectivity index (χ2v) is 14.1. The highest BCUT2D eigenvalue weighted by atomic mass is 16.6. The third-order valence-electron chi connectivity index (χ3n) is 12.3. The molecule has 0 aromatic rings. The minimum Gasteiger partial charge on any atom is -0.443 e. The van der Waals surface area contributed by atoms with Crippen molar-refractivity contribution in [3.8, 4) is 0 Å². The largest absolute Gasteiger partial charge is 0.443 e. The van der Waals surface area contributed by atoms with Gasteiger partial charge < -0.3 is 9.47 Å². The van der Waals surface area contributed by atoms with E-state index < -0.39 is 16.6 Å². The molecule has 10 atom stereocenters. The lowest BCUT2D eigenvalue weighted by atomic mass is 9.34. The average molecular weight is 482 g/mol. The Kier molecular flexibility index (Phi) is 4.19. The zero-order valence-corrected chi connectivity index (χ0v) is 21.8. The fourth-order valence-electron chi connectivity index (χ4n) is 11.0. The van der Waals surface area contributed by atoms with Crippen molar-refractivity contribution >= 4 is 17.5 Å². The first-order valence-corrected chi connectivity index (χ1v) is 13.8. The zero-order chi connectivity index (χ0) is 24.8. The predicted octanol–water partition coefficient (Wildman–Crippen LogP) is 4.41. The van der Waals surface area contributed by atoms with E-state index >= 15 is 0 Å². The molecule has 0 aromatic carbocycles. The number of allylic oxidation sites excluding steroid dienone is 2. The minimum absolute atomic E-state index is 0.0972. The molecule has 0 N–H and O–H groups in total. The lowest BCUT2D eigenvalue weighted by Gasteiger charge is -2.76. The summed E-state index contributed by atoms with van der Waals surface area (Å²) in [6.45, 7) is 11.9. The molecule has 1 spiro atoms. The number of hydrogen-bond acceptors (Lipinski definition) is 6. The molecule has 4 heterocycles. The molecule has 3 aliphatic carbocycles. The van der Waals surface area contributed by atoms with Gasteiger partial charge in [-0.15, -0.1) is 0 Å². The molecular formula is C29H39NO5. The molecule has 0 radical (unpaired) electrons. The van der Waals surface area contributed by atoms with E-state index in [4.69, 9.17) is 9.47 Å². The van der Waals surface area contributed by atoms with Crippen LogP contribution in [0.2, 0.25) is 0 Å². The smallest absolute Gasteiger partial charge is 0.308 e. The van der Waals surface area contributed by atoms with E-state index in [1.54, 1.807) is 6.08 Å². The highest BCUT2D eigenvalue weighted by molar-refractivity contribution is 5.99. The van der Waals surface area contributed by atoms with Gasteiger partial charge in [-0.2, -0.15) is 0 Å². The molecule has 0 unspecified atom stereocenters. The number of hydrogen-bond donors (Lipinski definition) is 0. The lowest BCUT2D eigenvalue weighted by molar-refractivity contribution is -0.379. The fraction of sp³-hybridized carbons (Fsp3) is 0.828. The molecule has 0 amide bonds. The molecule has 7 rings (SSSR count). The fourth-order valence-corrected chi connectivity index (χ4v) is 11.0. The van der Waals surface area contributed by atoms with Crippen LogP contribution in [0.25, 0.3) is 0 Å². The first-order valence-electron chi connectivity index (χ1n) is 13.8. The topological polar surface area (TPSA) is 72.9 Å². The van der Waals surface area contributed by atoms with Crippen LogP contribution in [-0.4, -0.2) is 46.5 Å². The molecule has 6 fully saturated rings. The Morgan fingerprint density at radius 2 is 1.86 bits per heavy atom. The minimum atomic E-state index is -0.806. The summed E-state index contributed by atoms with van der Waals surface area (Å²) in [4.78, 5) is 43.1. The summed E-state index contributed by atoms with van der Waals surface area (Å²) in [6, 6.07) is 0. The number of esters is 1. The summed E-state index contributed by atoms with van der Waals surface area (Å²) in [5.41, 5.74) is -1.36. The van der Waals surface area contributed by atoms with Crippen molar-refractivity contribution in [2.24, 2.45) is 39.9 Å². The number of Topliss-reactive ketones (excluding diaryl/α,β-unsaturated/α-hetero) is 1. The van der Waals surface area contributed by atoms with Gasteiger partial charge in [-0.1, -0.05) is 33.3 Å². The third kappa shape index (κ3) is 2.43. The monoisotopic (exact) mass is 481 g/mol. The Bertz CT molecular complexity index is 1100. The highest BCUT2D eigenvalue weighted by Gasteiger charge is 2.82. The van der Waals surface area contributed by atoms with Gasteiger partial charge in [0.25, 0.3) is 0 Å². The Hall–Kier alpha value is -1.53. The first kappa shape index (κ1) is 22.7. The summed E-state index contributed by atoms with van der Waals surface area (Å²) >= 11 is 0. The van der Waals surface area contributed by atoms with Crippen molar-refractivity contribution in [3.05, 3.63) is 11.6 Å². The van der Waals surface area contributed by atoms with Gasteiger partial charge in [0.1, 0.15) is 11.5 Å². The van der Waals surface area contributed by atoms with Crippen molar-refractivity contribution in [3.63, 3.8) is 0 Å². The van der Waals surface area contributed by atoms with Gasteiger partial charge in [-0.25, -0.2) is 4.90 Å². The molecule has 6 nitrogen and oxygen atoms in total. The van der Waals surface area contributed by atoms with E-state index in [0.29, 0.717) is 18.8 Å². The summed E-state index contributed by atoms with van der Waals surface area (Å²) in [6.07, 6.45) is 7.78. The number of rotatable bonds is 0. The van der Waals surface area contributed by atoms with E-state index in [2.05, 4.69) is 32.6 Å². The van der Waals surface area contributed by atoms with E-state index in [0.717, 1.165) is 44.2 Å². The van der Waals surface area contributed by atoms with Crippen LogP contribution in [0.4, 0.5) is 0 Å². The maximum atomic E-state index is 14.0. The molecule has 4 bridgehead atoms. The number of piperidine rings is 1. The Morgan fingerprint density at radius 3 is 2.63 bits per heavy atom. The number of nitrogens with zero attached hydrogens (tertiary/aromatic N) is 1. The second kappa shape index (κ2) is 6.48. The van der Waals surface area contributed by atoms with Crippen molar-refractivity contribution in [2.45, 2.75) is 104 Å². The van der Waals surface area contributed by atoms with Crippen LogP contribution in [0.1, 0.15) is 86.0 Å². The molecular weight excluding hydrogens is 442 g/mol. The highest BCUT2D eigenvalue weighted by Crippen LogP contribution is 2.77. The van der Waals surface area contributed by atoms with Crippen molar-refractivity contribution < 1.29 is 23.9 Å². The number of fused-ring (bicyclic) bond motifs is 5. The lowest BCUT2D eigenvalue weighted by Crippen LogP contribution is -2.82. The predicted molar refractivity (Wildman–Crippen MR) is 128 cm³/mol. The van der Waals surface area contributed by atoms with Crippen LogP contribution < -0.4 is 0 Å². The van der Waals surface area contributed by atoms with Crippen molar-refractivity contribution in [1.29, 1.82) is 0 Å². The van der Waals surface area contributed by atoms with Gasteiger partial charge in [0, 0.05) is 36.6 Å². The van der Waals surface area contributed by atoms with E-state index in [9.17, 15) is 14.4 Å². The van der Waals surface area contributed by atoms with Gasteiger partial charge in [-0.05, 0) is 67.8 Å². The summed E-state index contributed by atoms with van der Waals surface area (Å²) in [5, 5.41) is 0. The maximum Gasteiger partial charge on any atom is 0.308 e. The van der Waals surface area contributed by atoms with Crippen LogP contribution in [0.3, 0.4) is 0 Å². The zero-order valence-electron chi connectivity index (χ0n) is 21.8. The quantitative estimate of drug-likeness (QED) is 0.477. The number of ketones is 2. The van der Waals surface area contributed by atoms with Crippen LogP contribution in [0, 0.1) is 39.9 Å². The summed E-state index contributed by atoms with van der Waals surface area (Å²) in [7, 11) is 0. The summed E-state index contributed by atoms with van der Waals surface area (Å²) < 4.78 is 13.4. The Labute approximate surface area is 208 Å². The van der Waals surface area contributed by atoms with Crippen LogP contribution in [0.5, 0.6) is 0 Å². The number of carbonyl (C=O) groups is 3. The molecule has 2 saturated carbocycles. The molecule has 4 saturated heterocycles. The number of ether oxygens (including phenoxy) is 2. The van der Waals surface area contributed by atoms with E-state index in [1.807, 2.05) is 6.92 Å². The normalized spacial score (nSPS) is 56.9. The second-order valence-electron chi connectivity index (χ2n) is 14.1. The first-order chi connectivity index (χ1) is 16.4. The molecule has 190 valence electrons. The van der Waals surface area contributed by atoms with E-state index in [1.165, 1.54) is 0 Å².